The van der Waals surface area contributed by atoms with Crippen molar-refractivity contribution in [1.29, 1.82) is 0 Å². The van der Waals surface area contributed by atoms with Crippen molar-refractivity contribution in [2.75, 3.05) is 37.6 Å². The molecule has 1 aromatic heterocycles. The van der Waals surface area contributed by atoms with E-state index in [9.17, 15) is 4.79 Å². The van der Waals surface area contributed by atoms with E-state index in [-0.39, 0.29) is 35.9 Å². The molecule has 33 heavy (non-hydrogen) atoms. The molecular weight excluding hydrogens is 527 g/mol. The molecule has 2 saturated heterocycles. The third kappa shape index (κ3) is 7.20. The maximum absolute atomic E-state index is 12.7. The maximum Gasteiger partial charge on any atom is 0.225 e. The molecule has 1 amide bonds. The molecule has 7 nitrogen and oxygen atoms in total. The third-order valence-electron chi connectivity index (χ3n) is 7.23. The van der Waals surface area contributed by atoms with E-state index in [1.807, 2.05) is 6.20 Å². The number of pyridine rings is 1. The summed E-state index contributed by atoms with van der Waals surface area (Å²) in [4.78, 5) is 26.6. The Bertz CT molecular complexity index is 772. The van der Waals surface area contributed by atoms with E-state index in [1.165, 1.54) is 25.7 Å². The Morgan fingerprint density at radius 1 is 1.12 bits per heavy atom. The van der Waals surface area contributed by atoms with Crippen LogP contribution in [-0.4, -0.2) is 60.5 Å². The molecule has 184 valence electrons. The number of aliphatic imine (C=N–C) groups is 1. The van der Waals surface area contributed by atoms with Crippen LogP contribution in [0, 0.1) is 11.8 Å². The first-order chi connectivity index (χ1) is 15.6. The van der Waals surface area contributed by atoms with Gasteiger partial charge < -0.3 is 20.4 Å². The van der Waals surface area contributed by atoms with E-state index in [4.69, 9.17) is 9.98 Å². The SMILES string of the molecule is CCNC(=NCc1ccc(N2CCC(C)CC2)nc1)NC1CCN(C(=O)C2CCCC2)C1.I. The van der Waals surface area contributed by atoms with E-state index in [1.54, 1.807) is 0 Å². The molecule has 1 aliphatic carbocycles. The monoisotopic (exact) mass is 568 g/mol. The largest absolute Gasteiger partial charge is 0.357 e. The fourth-order valence-corrected chi connectivity index (χ4v) is 5.13. The quantitative estimate of drug-likeness (QED) is 0.311. The summed E-state index contributed by atoms with van der Waals surface area (Å²) in [6, 6.07) is 4.54. The number of guanidine groups is 1. The number of aromatic nitrogens is 1. The summed E-state index contributed by atoms with van der Waals surface area (Å²) < 4.78 is 0. The zero-order valence-corrected chi connectivity index (χ0v) is 22.6. The second-order valence-corrected chi connectivity index (χ2v) is 9.78. The summed E-state index contributed by atoms with van der Waals surface area (Å²) in [7, 11) is 0. The van der Waals surface area contributed by atoms with Crippen LogP contribution < -0.4 is 15.5 Å². The van der Waals surface area contributed by atoms with Crippen molar-refractivity contribution in [3.8, 4) is 0 Å². The number of rotatable bonds is 6. The molecule has 3 aliphatic rings. The van der Waals surface area contributed by atoms with Crippen LogP contribution in [0.4, 0.5) is 5.82 Å². The number of carbonyl (C=O) groups is 1. The minimum absolute atomic E-state index is 0. The van der Waals surface area contributed by atoms with Crippen molar-refractivity contribution in [1.82, 2.24) is 20.5 Å². The van der Waals surface area contributed by atoms with E-state index in [0.29, 0.717) is 12.5 Å². The molecule has 1 atom stereocenters. The van der Waals surface area contributed by atoms with Crippen LogP contribution in [0.5, 0.6) is 0 Å². The van der Waals surface area contributed by atoms with Gasteiger partial charge >= 0.3 is 0 Å². The molecule has 1 aromatic rings. The van der Waals surface area contributed by atoms with Gasteiger partial charge in [0.2, 0.25) is 5.91 Å². The van der Waals surface area contributed by atoms with Gasteiger partial charge in [-0.25, -0.2) is 9.98 Å². The fourth-order valence-electron chi connectivity index (χ4n) is 5.13. The molecule has 2 N–H and O–H groups in total. The first-order valence-electron chi connectivity index (χ1n) is 12.7. The summed E-state index contributed by atoms with van der Waals surface area (Å²) in [6.45, 7) is 9.65. The highest BCUT2D eigenvalue weighted by atomic mass is 127. The number of piperidine rings is 1. The number of hydrogen-bond acceptors (Lipinski definition) is 4. The van der Waals surface area contributed by atoms with Gasteiger partial charge in [0.1, 0.15) is 5.82 Å². The molecule has 0 aromatic carbocycles. The summed E-state index contributed by atoms with van der Waals surface area (Å²) in [5.41, 5.74) is 1.11. The van der Waals surface area contributed by atoms with Gasteiger partial charge in [0.25, 0.3) is 0 Å². The minimum Gasteiger partial charge on any atom is -0.357 e. The lowest BCUT2D eigenvalue weighted by Crippen LogP contribution is -2.45. The molecule has 2 aliphatic heterocycles. The van der Waals surface area contributed by atoms with Crippen LogP contribution in [0.2, 0.25) is 0 Å². The van der Waals surface area contributed by atoms with Gasteiger partial charge in [-0.15, -0.1) is 24.0 Å². The number of carbonyl (C=O) groups excluding carboxylic acids is 1. The number of amides is 1. The maximum atomic E-state index is 12.7. The summed E-state index contributed by atoms with van der Waals surface area (Å²) in [6.07, 6.45) is 9.98. The Morgan fingerprint density at radius 2 is 1.88 bits per heavy atom. The zero-order chi connectivity index (χ0) is 22.3. The van der Waals surface area contributed by atoms with Gasteiger partial charge in [0.05, 0.1) is 6.54 Å². The van der Waals surface area contributed by atoms with Gasteiger partial charge in [-0.05, 0) is 56.6 Å². The van der Waals surface area contributed by atoms with Gasteiger partial charge in [0.15, 0.2) is 5.96 Å². The Morgan fingerprint density at radius 3 is 2.55 bits per heavy atom. The second-order valence-electron chi connectivity index (χ2n) is 9.78. The zero-order valence-electron chi connectivity index (χ0n) is 20.3. The van der Waals surface area contributed by atoms with Crippen molar-refractivity contribution in [3.05, 3.63) is 23.9 Å². The van der Waals surface area contributed by atoms with Crippen LogP contribution in [-0.2, 0) is 11.3 Å². The molecule has 3 heterocycles. The molecule has 8 heteroatoms. The fraction of sp³-hybridized carbons (Fsp3) is 0.720. The van der Waals surface area contributed by atoms with E-state index < -0.39 is 0 Å². The second kappa shape index (κ2) is 12.8. The van der Waals surface area contributed by atoms with Crippen molar-refractivity contribution in [3.63, 3.8) is 0 Å². The summed E-state index contributed by atoms with van der Waals surface area (Å²) in [5, 5.41) is 6.90. The number of halogens is 1. The van der Waals surface area contributed by atoms with Crippen molar-refractivity contribution < 1.29 is 4.79 Å². The highest BCUT2D eigenvalue weighted by molar-refractivity contribution is 14.0. The molecule has 0 bridgehead atoms. The lowest BCUT2D eigenvalue weighted by atomic mass is 9.99. The first kappa shape index (κ1) is 26.0. The topological polar surface area (TPSA) is 72.9 Å². The highest BCUT2D eigenvalue weighted by Gasteiger charge is 2.32. The molecule has 1 unspecified atom stereocenters. The molecule has 4 rings (SSSR count). The van der Waals surface area contributed by atoms with Crippen molar-refractivity contribution in [2.45, 2.75) is 71.4 Å². The lowest BCUT2D eigenvalue weighted by molar-refractivity contribution is -0.134. The number of nitrogens with one attached hydrogen (secondary N) is 2. The average molecular weight is 569 g/mol. The van der Waals surface area contributed by atoms with Crippen LogP contribution in [0.25, 0.3) is 0 Å². The molecule has 0 radical (unpaired) electrons. The number of nitrogens with zero attached hydrogens (tertiary/aromatic N) is 4. The standard InChI is InChI=1S/C25H40N6O.HI/c1-3-26-25(29-22-12-15-31(18-22)24(32)21-6-4-5-7-21)28-17-20-8-9-23(27-16-20)30-13-10-19(2)11-14-30;/h8-9,16,19,21-22H,3-7,10-15,17-18H2,1-2H3,(H2,26,28,29);1H. The Kier molecular flexibility index (Phi) is 10.1. The van der Waals surface area contributed by atoms with Crippen LogP contribution in [0.1, 0.15) is 64.4 Å². The molecule has 3 fully saturated rings. The van der Waals surface area contributed by atoms with Gasteiger partial charge in [-0.3, -0.25) is 4.79 Å². The predicted octanol–water partition coefficient (Wildman–Crippen LogP) is 3.78. The first-order valence-corrected chi connectivity index (χ1v) is 12.7. The molecule has 1 saturated carbocycles. The lowest BCUT2D eigenvalue weighted by Gasteiger charge is -2.31. The third-order valence-corrected chi connectivity index (χ3v) is 7.23. The molecular formula is C25H41IN6O. The van der Waals surface area contributed by atoms with Crippen molar-refractivity contribution in [2.24, 2.45) is 16.8 Å². The smallest absolute Gasteiger partial charge is 0.225 e. The summed E-state index contributed by atoms with van der Waals surface area (Å²) >= 11 is 0. The molecule has 0 spiro atoms. The highest BCUT2D eigenvalue weighted by Crippen LogP contribution is 2.28. The Hall–Kier alpha value is -1.58. The Balaban J connectivity index is 0.00000306. The van der Waals surface area contributed by atoms with Crippen LogP contribution >= 0.6 is 24.0 Å². The normalized spacial score (nSPS) is 22.4. The van der Waals surface area contributed by atoms with E-state index in [0.717, 1.165) is 75.2 Å². The van der Waals surface area contributed by atoms with Gasteiger partial charge in [-0.1, -0.05) is 25.8 Å². The van der Waals surface area contributed by atoms with Crippen LogP contribution in [0.3, 0.4) is 0 Å². The van der Waals surface area contributed by atoms with Crippen LogP contribution in [0.15, 0.2) is 23.3 Å². The predicted molar refractivity (Wildman–Crippen MR) is 145 cm³/mol. The van der Waals surface area contributed by atoms with Gasteiger partial charge in [0, 0.05) is 50.9 Å². The number of hydrogen-bond donors (Lipinski definition) is 2. The number of anilines is 1. The summed E-state index contributed by atoms with van der Waals surface area (Å²) in [5.74, 6) is 3.35. The average Bonchev–Trinajstić information content (AvgIpc) is 3.51. The van der Waals surface area contributed by atoms with E-state index >= 15 is 0 Å². The van der Waals surface area contributed by atoms with Gasteiger partial charge in [-0.2, -0.15) is 0 Å². The van der Waals surface area contributed by atoms with Crippen molar-refractivity contribution >= 4 is 41.7 Å². The van der Waals surface area contributed by atoms with E-state index in [2.05, 4.69) is 46.4 Å². The number of likely N-dealkylation sites (tertiary alicyclic amines) is 1. The minimum atomic E-state index is 0. The Labute approximate surface area is 216 Å².